The molecule has 0 rings (SSSR count). The molecule has 0 fully saturated rings. The number of nitrogens with one attached hydrogen (secondary N) is 1. The molecule has 1 N–H and O–H groups in total. The highest BCUT2D eigenvalue weighted by Gasteiger charge is 2.02. The second kappa shape index (κ2) is 17.1. The summed E-state index contributed by atoms with van der Waals surface area (Å²) in [5, 5.41) is 2.84. The van der Waals surface area contributed by atoms with Gasteiger partial charge in [-0.05, 0) is 18.3 Å². The minimum Gasteiger partial charge on any atom is -0.379 e. The van der Waals surface area contributed by atoms with Gasteiger partial charge in [-0.2, -0.15) is 0 Å². The Hall–Kier alpha value is -0.690. The van der Waals surface area contributed by atoms with Crippen molar-refractivity contribution in [3.8, 4) is 0 Å². The van der Waals surface area contributed by atoms with Crippen LogP contribution in [0.5, 0.6) is 0 Å². The summed E-state index contributed by atoms with van der Waals surface area (Å²) < 4.78 is 21.6. The van der Waals surface area contributed by atoms with E-state index in [1.165, 1.54) is 0 Å². The van der Waals surface area contributed by atoms with Crippen molar-refractivity contribution in [1.29, 1.82) is 0 Å². The summed E-state index contributed by atoms with van der Waals surface area (Å²) in [7, 11) is 0. The molecular formula is C18H37NO5. The molecule has 24 heavy (non-hydrogen) atoms. The Bertz CT molecular complexity index is 285. The van der Waals surface area contributed by atoms with Crippen molar-refractivity contribution in [2.24, 2.45) is 11.8 Å². The van der Waals surface area contributed by atoms with E-state index in [9.17, 15) is 4.79 Å². The van der Waals surface area contributed by atoms with Gasteiger partial charge in [-0.3, -0.25) is 4.79 Å². The molecule has 0 aliphatic heterocycles. The van der Waals surface area contributed by atoms with Crippen molar-refractivity contribution in [1.82, 2.24) is 5.32 Å². The summed E-state index contributed by atoms with van der Waals surface area (Å²) in [6.07, 6.45) is 1.51. The van der Waals surface area contributed by atoms with Gasteiger partial charge in [-0.25, -0.2) is 0 Å². The lowest BCUT2D eigenvalue weighted by Gasteiger charge is -2.09. The lowest BCUT2D eigenvalue weighted by Crippen LogP contribution is -2.27. The first kappa shape index (κ1) is 23.3. The van der Waals surface area contributed by atoms with Crippen LogP contribution >= 0.6 is 0 Å². The Morgan fingerprint density at radius 3 is 1.75 bits per heavy atom. The molecule has 1 amide bonds. The molecular weight excluding hydrogens is 310 g/mol. The van der Waals surface area contributed by atoms with Crippen LogP contribution in [0.1, 0.15) is 40.5 Å². The number of ether oxygens (including phenoxy) is 4. The summed E-state index contributed by atoms with van der Waals surface area (Å²) in [6.45, 7) is 13.7. The van der Waals surface area contributed by atoms with Crippen molar-refractivity contribution in [3.63, 3.8) is 0 Å². The summed E-state index contributed by atoms with van der Waals surface area (Å²) >= 11 is 0. The Labute approximate surface area is 147 Å². The third-order valence-corrected chi connectivity index (χ3v) is 3.08. The first-order chi connectivity index (χ1) is 11.5. The monoisotopic (exact) mass is 347 g/mol. The van der Waals surface area contributed by atoms with E-state index < -0.39 is 0 Å². The van der Waals surface area contributed by atoms with Crippen LogP contribution in [0.4, 0.5) is 0 Å². The maximum atomic E-state index is 11.5. The van der Waals surface area contributed by atoms with Gasteiger partial charge in [-0.1, -0.05) is 27.7 Å². The highest BCUT2D eigenvalue weighted by molar-refractivity contribution is 5.75. The quantitative estimate of drug-likeness (QED) is 0.409. The molecule has 6 heteroatoms. The van der Waals surface area contributed by atoms with Gasteiger partial charge in [0.1, 0.15) is 0 Å². The molecule has 0 bridgehead atoms. The Balaban J connectivity index is 3.11. The molecule has 6 nitrogen and oxygen atoms in total. The lowest BCUT2D eigenvalue weighted by molar-refractivity contribution is -0.121. The fourth-order valence-corrected chi connectivity index (χ4v) is 1.75. The molecule has 144 valence electrons. The van der Waals surface area contributed by atoms with Gasteiger partial charge < -0.3 is 24.3 Å². The average molecular weight is 347 g/mol. The average Bonchev–Trinajstić information content (AvgIpc) is 2.52. The van der Waals surface area contributed by atoms with Crippen LogP contribution in [0.3, 0.4) is 0 Å². The SMILES string of the molecule is CC(C)CCC(=O)NCCOCCOCCOCCOCC(C)C. The van der Waals surface area contributed by atoms with E-state index in [-0.39, 0.29) is 5.91 Å². The molecule has 0 aliphatic carbocycles. The van der Waals surface area contributed by atoms with Gasteiger partial charge in [0.25, 0.3) is 0 Å². The Morgan fingerprint density at radius 2 is 1.25 bits per heavy atom. The topological polar surface area (TPSA) is 66.0 Å². The zero-order valence-electron chi connectivity index (χ0n) is 16.0. The predicted molar refractivity (Wildman–Crippen MR) is 95.2 cm³/mol. The van der Waals surface area contributed by atoms with E-state index in [0.717, 1.165) is 13.0 Å². The third kappa shape index (κ3) is 19.4. The fraction of sp³-hybridized carbons (Fsp3) is 0.944. The van der Waals surface area contributed by atoms with Crippen LogP contribution in [0.25, 0.3) is 0 Å². The Kier molecular flexibility index (Phi) is 16.7. The predicted octanol–water partition coefficient (Wildman–Crippen LogP) is 2.26. The molecule has 0 aromatic rings. The zero-order valence-corrected chi connectivity index (χ0v) is 16.0. The van der Waals surface area contributed by atoms with Gasteiger partial charge in [0, 0.05) is 19.6 Å². The number of rotatable bonds is 17. The number of hydrogen-bond acceptors (Lipinski definition) is 5. The first-order valence-corrected chi connectivity index (χ1v) is 9.10. The molecule has 0 aromatic carbocycles. The first-order valence-electron chi connectivity index (χ1n) is 9.10. The van der Waals surface area contributed by atoms with Crippen LogP contribution in [0.15, 0.2) is 0 Å². The van der Waals surface area contributed by atoms with E-state index in [0.29, 0.717) is 71.0 Å². The molecule has 0 aromatic heterocycles. The van der Waals surface area contributed by atoms with Crippen LogP contribution in [0, 0.1) is 11.8 Å². The van der Waals surface area contributed by atoms with Crippen molar-refractivity contribution in [2.45, 2.75) is 40.5 Å². The minimum atomic E-state index is 0.0954. The molecule has 0 saturated carbocycles. The number of hydrogen-bond donors (Lipinski definition) is 1. The second-order valence-electron chi connectivity index (χ2n) is 6.59. The van der Waals surface area contributed by atoms with Gasteiger partial charge in [0.05, 0.1) is 46.2 Å². The lowest BCUT2D eigenvalue weighted by atomic mass is 10.1. The van der Waals surface area contributed by atoms with Crippen molar-refractivity contribution >= 4 is 5.91 Å². The van der Waals surface area contributed by atoms with Crippen molar-refractivity contribution < 1.29 is 23.7 Å². The van der Waals surface area contributed by atoms with Crippen LogP contribution in [-0.2, 0) is 23.7 Å². The summed E-state index contributed by atoms with van der Waals surface area (Å²) in [5.41, 5.74) is 0. The standard InChI is InChI=1S/C18H37NO5/c1-16(2)5-6-18(20)19-7-8-21-9-10-22-11-12-23-13-14-24-15-17(3)4/h16-17H,5-15H2,1-4H3,(H,19,20). The minimum absolute atomic E-state index is 0.0954. The largest absolute Gasteiger partial charge is 0.379 e. The molecule has 0 aliphatic rings. The molecule has 0 heterocycles. The second-order valence-corrected chi connectivity index (χ2v) is 6.59. The van der Waals surface area contributed by atoms with Crippen LogP contribution in [-0.4, -0.2) is 65.3 Å². The summed E-state index contributed by atoms with van der Waals surface area (Å²) in [6, 6.07) is 0. The molecule has 0 radical (unpaired) electrons. The van der Waals surface area contributed by atoms with Gasteiger partial charge >= 0.3 is 0 Å². The van der Waals surface area contributed by atoms with E-state index in [4.69, 9.17) is 18.9 Å². The zero-order chi connectivity index (χ0) is 18.0. The highest BCUT2D eigenvalue weighted by atomic mass is 16.6. The molecule has 0 spiro atoms. The molecule has 0 unspecified atom stereocenters. The number of carbonyl (C=O) groups is 1. The van der Waals surface area contributed by atoms with Gasteiger partial charge in [-0.15, -0.1) is 0 Å². The number of amides is 1. The summed E-state index contributed by atoms with van der Waals surface area (Å²) in [5.74, 6) is 1.21. The normalized spacial score (nSPS) is 11.4. The van der Waals surface area contributed by atoms with E-state index in [2.05, 4.69) is 33.0 Å². The van der Waals surface area contributed by atoms with Crippen molar-refractivity contribution in [2.75, 3.05) is 59.4 Å². The van der Waals surface area contributed by atoms with E-state index in [1.807, 2.05) is 0 Å². The van der Waals surface area contributed by atoms with Gasteiger partial charge in [0.15, 0.2) is 0 Å². The smallest absolute Gasteiger partial charge is 0.220 e. The number of carbonyl (C=O) groups excluding carboxylic acids is 1. The third-order valence-electron chi connectivity index (χ3n) is 3.08. The fourth-order valence-electron chi connectivity index (χ4n) is 1.75. The maximum absolute atomic E-state index is 11.5. The molecule has 0 atom stereocenters. The highest BCUT2D eigenvalue weighted by Crippen LogP contribution is 2.02. The Morgan fingerprint density at radius 1 is 0.750 bits per heavy atom. The summed E-state index contributed by atoms with van der Waals surface area (Å²) in [4.78, 5) is 11.5. The van der Waals surface area contributed by atoms with Crippen molar-refractivity contribution in [3.05, 3.63) is 0 Å². The van der Waals surface area contributed by atoms with Crippen LogP contribution < -0.4 is 5.32 Å². The van der Waals surface area contributed by atoms with E-state index in [1.54, 1.807) is 0 Å². The van der Waals surface area contributed by atoms with E-state index >= 15 is 0 Å². The maximum Gasteiger partial charge on any atom is 0.220 e. The van der Waals surface area contributed by atoms with Gasteiger partial charge in [0.2, 0.25) is 5.91 Å². The molecule has 0 saturated heterocycles. The van der Waals surface area contributed by atoms with Crippen LogP contribution in [0.2, 0.25) is 0 Å².